The first-order valence-electron chi connectivity index (χ1n) is 11.0. The molecule has 7 nitrogen and oxygen atoms in total. The van der Waals surface area contributed by atoms with Crippen LogP contribution in [0.4, 0.5) is 4.39 Å². The fourth-order valence-corrected chi connectivity index (χ4v) is 4.16. The van der Waals surface area contributed by atoms with Gasteiger partial charge < -0.3 is 15.8 Å². The fourth-order valence-electron chi connectivity index (χ4n) is 3.20. The topological polar surface area (TPSA) is 113 Å². The quantitative estimate of drug-likeness (QED) is 0.232. The Morgan fingerprint density at radius 2 is 1.82 bits per heavy atom. The predicted molar refractivity (Wildman–Crippen MR) is 137 cm³/mol. The Labute approximate surface area is 203 Å². The van der Waals surface area contributed by atoms with Crippen molar-refractivity contribution in [3.63, 3.8) is 0 Å². The molecule has 0 saturated heterocycles. The molecule has 0 heterocycles. The smallest absolute Gasteiger partial charge is 0.215 e. The minimum Gasteiger partial charge on any atom is -0.452 e. The second-order valence-corrected chi connectivity index (χ2v) is 10.1. The van der Waals surface area contributed by atoms with Crippen LogP contribution < -0.4 is 16.4 Å². The van der Waals surface area contributed by atoms with Gasteiger partial charge in [-0.25, -0.2) is 4.39 Å². The third kappa shape index (κ3) is 7.06. The average molecular weight is 488 g/mol. The Balaban J connectivity index is 2.29. The van der Waals surface area contributed by atoms with Gasteiger partial charge in [0.15, 0.2) is 6.23 Å². The summed E-state index contributed by atoms with van der Waals surface area (Å²) < 4.78 is 32.9. The largest absolute Gasteiger partial charge is 0.452 e. The van der Waals surface area contributed by atoms with E-state index in [0.717, 1.165) is 12.1 Å². The van der Waals surface area contributed by atoms with E-state index in [9.17, 15) is 8.60 Å². The summed E-state index contributed by atoms with van der Waals surface area (Å²) in [6, 6.07) is 12.0. The highest BCUT2D eigenvalue weighted by atomic mass is 32.2. The maximum Gasteiger partial charge on any atom is 0.215 e. The van der Waals surface area contributed by atoms with E-state index in [0.29, 0.717) is 27.6 Å². The van der Waals surface area contributed by atoms with Crippen LogP contribution >= 0.6 is 0 Å². The van der Waals surface area contributed by atoms with Crippen molar-refractivity contribution in [2.24, 2.45) is 10.7 Å². The normalized spacial score (nSPS) is 14.5. The van der Waals surface area contributed by atoms with Gasteiger partial charge in [-0.1, -0.05) is 26.0 Å². The lowest BCUT2D eigenvalue weighted by Crippen LogP contribution is -2.34. The summed E-state index contributed by atoms with van der Waals surface area (Å²) in [7, 11) is 2.25. The molecule has 184 valence electrons. The van der Waals surface area contributed by atoms with Gasteiger partial charge in [0, 0.05) is 39.2 Å². The number of nitrogens with one attached hydrogen (secondary N) is 3. The lowest BCUT2D eigenvalue weighted by Gasteiger charge is -2.21. The van der Waals surface area contributed by atoms with Crippen LogP contribution in [0, 0.1) is 11.2 Å². The van der Waals surface area contributed by atoms with Gasteiger partial charge in [0.25, 0.3) is 0 Å². The van der Waals surface area contributed by atoms with Crippen LogP contribution in [-0.4, -0.2) is 41.4 Å². The Bertz CT molecular complexity index is 1090. The number of halogens is 1. The molecule has 2 aromatic carbocycles. The van der Waals surface area contributed by atoms with Gasteiger partial charge in [0.2, 0.25) is 5.90 Å². The minimum absolute atomic E-state index is 0.0475. The van der Waals surface area contributed by atoms with Gasteiger partial charge in [0.05, 0.1) is 10.8 Å². The molecule has 0 amide bonds. The van der Waals surface area contributed by atoms with Crippen LogP contribution in [0.5, 0.6) is 0 Å². The lowest BCUT2D eigenvalue weighted by molar-refractivity contribution is 0.192. The first-order chi connectivity index (χ1) is 16.1. The molecule has 2 rings (SSSR count). The summed E-state index contributed by atoms with van der Waals surface area (Å²) in [5, 5.41) is 14.3. The summed E-state index contributed by atoms with van der Waals surface area (Å²) in [4.78, 5) is 4.97. The fraction of sp³-hybridized carbons (Fsp3) is 0.360. The van der Waals surface area contributed by atoms with Crippen molar-refractivity contribution >= 4 is 22.4 Å². The highest BCUT2D eigenvalue weighted by molar-refractivity contribution is 7.85. The maximum absolute atomic E-state index is 14.8. The molecule has 2 atom stereocenters. The van der Waals surface area contributed by atoms with Crippen LogP contribution in [0.2, 0.25) is 0 Å². The number of nitrogens with two attached hydrogens (primary N) is 1. The second kappa shape index (κ2) is 12.5. The highest BCUT2D eigenvalue weighted by Crippen LogP contribution is 2.19. The summed E-state index contributed by atoms with van der Waals surface area (Å²) in [5.74, 6) is -0.563. The van der Waals surface area contributed by atoms with Crippen LogP contribution in [0.3, 0.4) is 0 Å². The molecule has 0 aromatic heterocycles. The molecule has 0 aliphatic heterocycles. The van der Waals surface area contributed by atoms with Gasteiger partial charge in [-0.2, -0.15) is 0 Å². The number of likely N-dealkylation sites (N-methyl/N-ethyl adjacent to an activating group) is 1. The number of hydrogen-bond donors (Lipinski definition) is 4. The molecule has 0 saturated carbocycles. The predicted octanol–water partition coefficient (Wildman–Crippen LogP) is 3.65. The van der Waals surface area contributed by atoms with Crippen molar-refractivity contribution in [1.82, 2.24) is 10.6 Å². The molecule has 0 radical (unpaired) electrons. The van der Waals surface area contributed by atoms with Crippen LogP contribution in [-0.2, 0) is 22.1 Å². The molecule has 0 fully saturated rings. The van der Waals surface area contributed by atoms with Crippen molar-refractivity contribution in [1.29, 1.82) is 5.41 Å². The molecule has 34 heavy (non-hydrogen) atoms. The van der Waals surface area contributed by atoms with E-state index in [4.69, 9.17) is 15.9 Å². The minimum atomic E-state index is -1.29. The number of hydrogen-bond acceptors (Lipinski definition) is 7. The third-order valence-electron chi connectivity index (χ3n) is 5.03. The number of ether oxygens (including phenoxy) is 1. The van der Waals surface area contributed by atoms with Crippen molar-refractivity contribution in [2.45, 2.75) is 50.6 Å². The molecular formula is C25H34FN5O2S. The zero-order valence-electron chi connectivity index (χ0n) is 20.5. The van der Waals surface area contributed by atoms with Gasteiger partial charge >= 0.3 is 0 Å². The summed E-state index contributed by atoms with van der Waals surface area (Å²) >= 11 is 0. The molecule has 9 heteroatoms. The maximum atomic E-state index is 14.8. The van der Waals surface area contributed by atoms with Gasteiger partial charge in [-0.15, -0.1) is 0 Å². The van der Waals surface area contributed by atoms with Crippen molar-refractivity contribution in [3.8, 4) is 0 Å². The number of aliphatic imine (C=N–C) groups is 1. The van der Waals surface area contributed by atoms with Crippen molar-refractivity contribution < 1.29 is 13.3 Å². The number of nitrogens with zero attached hydrogens (tertiary/aromatic N) is 1. The first kappa shape index (κ1) is 27.4. The van der Waals surface area contributed by atoms with Crippen LogP contribution in [0.1, 0.15) is 44.4 Å². The van der Waals surface area contributed by atoms with E-state index in [1.165, 1.54) is 6.07 Å². The van der Waals surface area contributed by atoms with Crippen molar-refractivity contribution in [2.75, 3.05) is 14.1 Å². The summed E-state index contributed by atoms with van der Waals surface area (Å²) in [6.07, 6.45) is -0.819. The summed E-state index contributed by atoms with van der Waals surface area (Å²) in [6.45, 7) is 7.70. The molecule has 5 N–H and O–H groups in total. The summed E-state index contributed by atoms with van der Waals surface area (Å²) in [5.41, 5.74) is 9.14. The van der Waals surface area contributed by atoms with Crippen molar-refractivity contribution in [3.05, 3.63) is 76.4 Å². The Kier molecular flexibility index (Phi) is 10.1. The SMILES string of the molecule is CNCc1ccc(C(=N)OC(NC)/C(N=C(C)c2ccc(S(=O)C(C)C)cc2F)=C(\C)N)cc1. The lowest BCUT2D eigenvalue weighted by atomic mass is 10.1. The molecule has 0 aliphatic carbocycles. The van der Waals surface area contributed by atoms with E-state index in [1.807, 2.05) is 45.2 Å². The number of allylic oxidation sites excluding steroid dienone is 1. The standard InChI is InChI=1S/C25H34FN5O2S/c1-15(2)34(32)20-11-12-21(22(26)13-20)17(4)31-23(16(3)27)25(30-6)33-24(28)19-9-7-18(8-10-19)14-29-5/h7-13,15,25,28-30H,14,27H2,1-6H3/b23-16-,28-24?,31-17?. The number of benzene rings is 2. The Morgan fingerprint density at radius 3 is 2.32 bits per heavy atom. The van der Waals surface area contributed by atoms with E-state index in [2.05, 4.69) is 15.6 Å². The van der Waals surface area contributed by atoms with E-state index < -0.39 is 22.8 Å². The van der Waals surface area contributed by atoms with Gasteiger partial charge in [-0.05, 0) is 63.8 Å². The van der Waals surface area contributed by atoms with Crippen LogP contribution in [0.25, 0.3) is 0 Å². The Hall–Kier alpha value is -2.88. The number of rotatable bonds is 10. The molecule has 2 aromatic rings. The molecule has 0 bridgehead atoms. The second-order valence-electron chi connectivity index (χ2n) is 8.10. The zero-order valence-corrected chi connectivity index (χ0v) is 21.3. The van der Waals surface area contributed by atoms with Crippen LogP contribution in [0.15, 0.2) is 63.7 Å². The van der Waals surface area contributed by atoms with E-state index in [-0.39, 0.29) is 16.7 Å². The molecule has 0 spiro atoms. The monoisotopic (exact) mass is 487 g/mol. The molecule has 0 aliphatic rings. The zero-order chi connectivity index (χ0) is 25.4. The first-order valence-corrected chi connectivity index (χ1v) is 12.2. The van der Waals surface area contributed by atoms with E-state index in [1.54, 1.807) is 33.0 Å². The van der Waals surface area contributed by atoms with E-state index >= 15 is 0 Å². The average Bonchev–Trinajstić information content (AvgIpc) is 2.80. The molecule has 2 unspecified atom stereocenters. The highest BCUT2D eigenvalue weighted by Gasteiger charge is 2.20. The van der Waals surface area contributed by atoms with Gasteiger partial charge in [0.1, 0.15) is 11.5 Å². The third-order valence-corrected chi connectivity index (χ3v) is 6.60. The molecular weight excluding hydrogens is 453 g/mol. The van der Waals surface area contributed by atoms with Gasteiger partial charge in [-0.3, -0.25) is 19.9 Å². The Morgan fingerprint density at radius 1 is 1.18 bits per heavy atom.